The van der Waals surface area contributed by atoms with Gasteiger partial charge in [-0.1, -0.05) is 60.2 Å². The van der Waals surface area contributed by atoms with E-state index in [4.69, 9.17) is 19.0 Å². The summed E-state index contributed by atoms with van der Waals surface area (Å²) in [7, 11) is 3.17. The van der Waals surface area contributed by atoms with Crippen LogP contribution in [0.3, 0.4) is 0 Å². The number of pyridine rings is 1. The molecule has 0 aliphatic rings. The predicted molar refractivity (Wildman–Crippen MR) is 160 cm³/mol. The summed E-state index contributed by atoms with van der Waals surface area (Å²) < 4.78 is 16.2. The molecule has 0 aliphatic carbocycles. The second-order valence-corrected chi connectivity index (χ2v) is 10.5. The van der Waals surface area contributed by atoms with Crippen LogP contribution in [0.5, 0.6) is 11.5 Å². The third-order valence-corrected chi connectivity index (χ3v) is 7.99. The maximum Gasteiger partial charge on any atom is 0.239 e. The Balaban J connectivity index is 1.65. The Labute approximate surface area is 242 Å². The van der Waals surface area contributed by atoms with E-state index in [1.807, 2.05) is 49.4 Å². The van der Waals surface area contributed by atoms with Crippen LogP contribution in [0.25, 0.3) is 33.2 Å². The zero-order valence-electron chi connectivity index (χ0n) is 23.1. The van der Waals surface area contributed by atoms with Crippen molar-refractivity contribution in [2.24, 2.45) is 0 Å². The Bertz CT molecular complexity index is 1780. The van der Waals surface area contributed by atoms with Crippen LogP contribution in [0, 0.1) is 18.3 Å². The van der Waals surface area contributed by atoms with Crippen LogP contribution in [-0.4, -0.2) is 35.5 Å². The van der Waals surface area contributed by atoms with Gasteiger partial charge in [0.1, 0.15) is 28.4 Å². The fourth-order valence-electron chi connectivity index (χ4n) is 4.53. The minimum absolute atomic E-state index is 0.254. The number of nitrogens with one attached hydrogen (secondary N) is 1. The third kappa shape index (κ3) is 5.88. The van der Waals surface area contributed by atoms with Gasteiger partial charge in [0, 0.05) is 28.8 Å². The number of hydrogen-bond acceptors (Lipinski definition) is 8. The number of rotatable bonds is 9. The molecule has 1 N–H and O–H groups in total. The molecule has 2 heterocycles. The minimum atomic E-state index is -0.538. The molecule has 0 saturated carbocycles. The summed E-state index contributed by atoms with van der Waals surface area (Å²) in [4.78, 5) is 18.2. The summed E-state index contributed by atoms with van der Waals surface area (Å²) in [5.74, 6) is 1.87. The maximum absolute atomic E-state index is 13.2. The summed E-state index contributed by atoms with van der Waals surface area (Å²) in [6.07, 6.45) is 0.501. The molecule has 0 radical (unpaired) electrons. The molecule has 2 aromatic heterocycles. The third-order valence-electron chi connectivity index (χ3n) is 6.64. The Kier molecular flexibility index (Phi) is 8.22. The number of methoxy groups -OCH3 is 2. The van der Waals surface area contributed by atoms with Crippen molar-refractivity contribution in [2.75, 3.05) is 19.5 Å². The number of hydrogen-bond donors (Lipinski definition) is 1. The second kappa shape index (κ2) is 12.1. The van der Waals surface area contributed by atoms with Gasteiger partial charge in [0.05, 0.1) is 30.7 Å². The number of nitriles is 1. The van der Waals surface area contributed by atoms with Crippen LogP contribution in [-0.2, 0) is 4.79 Å². The molecule has 0 bridgehead atoms. The van der Waals surface area contributed by atoms with E-state index in [9.17, 15) is 10.1 Å². The molecule has 1 unspecified atom stereocenters. The Morgan fingerprint density at radius 3 is 2.51 bits per heavy atom. The van der Waals surface area contributed by atoms with Crippen molar-refractivity contribution in [2.45, 2.75) is 30.5 Å². The summed E-state index contributed by atoms with van der Waals surface area (Å²) >= 11 is 1.25. The quantitative estimate of drug-likeness (QED) is 0.186. The van der Waals surface area contributed by atoms with Gasteiger partial charge in [-0.15, -0.1) is 0 Å². The highest BCUT2D eigenvalue weighted by Gasteiger charge is 2.25. The van der Waals surface area contributed by atoms with Crippen LogP contribution >= 0.6 is 11.8 Å². The molecule has 1 atom stereocenters. The number of amides is 1. The van der Waals surface area contributed by atoms with Gasteiger partial charge in [-0.3, -0.25) is 4.79 Å². The molecule has 0 aliphatic heterocycles. The molecule has 206 valence electrons. The lowest BCUT2D eigenvalue weighted by Crippen LogP contribution is -2.25. The zero-order chi connectivity index (χ0) is 28.9. The number of carbonyl (C=O) groups excluding carboxylic acids is 1. The number of fused-ring (bicyclic) bond motifs is 1. The van der Waals surface area contributed by atoms with E-state index in [1.165, 1.54) is 11.8 Å². The molecule has 1 amide bonds. The second-order valence-electron chi connectivity index (χ2n) is 9.30. The lowest BCUT2D eigenvalue weighted by Gasteiger charge is -2.18. The summed E-state index contributed by atoms with van der Waals surface area (Å²) in [5.41, 5.74) is 3.28. The number of benzene rings is 3. The molecule has 0 spiro atoms. The fourth-order valence-corrected chi connectivity index (χ4v) is 5.56. The van der Waals surface area contributed by atoms with Crippen LogP contribution in [0.1, 0.15) is 24.7 Å². The Morgan fingerprint density at radius 2 is 1.83 bits per heavy atom. The van der Waals surface area contributed by atoms with Gasteiger partial charge < -0.3 is 19.3 Å². The van der Waals surface area contributed by atoms with Crippen molar-refractivity contribution in [1.82, 2.24) is 10.1 Å². The summed E-state index contributed by atoms with van der Waals surface area (Å²) in [5, 5.41) is 19.2. The first-order chi connectivity index (χ1) is 19.9. The van der Waals surface area contributed by atoms with Crippen molar-refractivity contribution in [3.63, 3.8) is 0 Å². The van der Waals surface area contributed by atoms with Gasteiger partial charge in [-0.2, -0.15) is 5.26 Å². The normalized spacial score (nSPS) is 11.6. The lowest BCUT2D eigenvalue weighted by atomic mass is 9.97. The molecular weight excluding hydrogens is 536 g/mol. The number of anilines is 1. The lowest BCUT2D eigenvalue weighted by molar-refractivity contribution is -0.115. The van der Waals surface area contributed by atoms with Crippen molar-refractivity contribution >= 4 is 34.3 Å². The summed E-state index contributed by atoms with van der Waals surface area (Å²) in [6.45, 7) is 3.67. The SMILES string of the molecule is CCC(Sc1nc(-c2ccc3ccccc3c2)cc(-c2ccc(OC)cc2OC)c1C#N)C(=O)Nc1cc(C)on1. The van der Waals surface area contributed by atoms with Crippen molar-refractivity contribution in [3.8, 4) is 40.0 Å². The van der Waals surface area contributed by atoms with E-state index in [0.29, 0.717) is 56.9 Å². The standard InChI is InChI=1S/C32H28N4O4S/c1-5-29(31(37)35-30-14-19(2)40-36-30)41-32-26(18-33)25(24-13-12-23(38-3)16-28(24)39-4)17-27(34-32)22-11-10-20-8-6-7-9-21(20)15-22/h6-17,29H,5H2,1-4H3,(H,35,36,37). The molecule has 8 nitrogen and oxygen atoms in total. The van der Waals surface area contributed by atoms with E-state index in [2.05, 4.69) is 34.7 Å². The molecule has 5 rings (SSSR count). The maximum atomic E-state index is 13.2. The van der Waals surface area contributed by atoms with Gasteiger partial charge in [-0.05, 0) is 48.4 Å². The van der Waals surface area contributed by atoms with Gasteiger partial charge in [0.2, 0.25) is 5.91 Å². The van der Waals surface area contributed by atoms with E-state index < -0.39 is 5.25 Å². The van der Waals surface area contributed by atoms with Crippen LogP contribution in [0.15, 0.2) is 82.3 Å². The van der Waals surface area contributed by atoms with Gasteiger partial charge in [-0.25, -0.2) is 4.98 Å². The number of thioether (sulfide) groups is 1. The number of nitrogens with zero attached hydrogens (tertiary/aromatic N) is 3. The van der Waals surface area contributed by atoms with Crippen molar-refractivity contribution < 1.29 is 18.8 Å². The smallest absolute Gasteiger partial charge is 0.239 e. The monoisotopic (exact) mass is 564 g/mol. The average Bonchev–Trinajstić information content (AvgIpc) is 3.42. The highest BCUT2D eigenvalue weighted by molar-refractivity contribution is 8.00. The van der Waals surface area contributed by atoms with Gasteiger partial charge in [0.25, 0.3) is 0 Å². The van der Waals surface area contributed by atoms with Crippen LogP contribution in [0.2, 0.25) is 0 Å². The van der Waals surface area contributed by atoms with E-state index in [0.717, 1.165) is 16.3 Å². The largest absolute Gasteiger partial charge is 0.497 e. The molecule has 41 heavy (non-hydrogen) atoms. The molecular formula is C32H28N4O4S. The number of aromatic nitrogens is 2. The predicted octanol–water partition coefficient (Wildman–Crippen LogP) is 7.26. The van der Waals surface area contributed by atoms with Crippen LogP contribution < -0.4 is 14.8 Å². The zero-order valence-corrected chi connectivity index (χ0v) is 23.9. The average molecular weight is 565 g/mol. The molecule has 3 aromatic carbocycles. The van der Waals surface area contributed by atoms with Crippen LogP contribution in [0.4, 0.5) is 5.82 Å². The molecule has 0 saturated heterocycles. The van der Waals surface area contributed by atoms with E-state index >= 15 is 0 Å². The molecule has 9 heteroatoms. The highest BCUT2D eigenvalue weighted by Crippen LogP contribution is 2.41. The van der Waals surface area contributed by atoms with Gasteiger partial charge >= 0.3 is 0 Å². The number of aryl methyl sites for hydroxylation is 1. The minimum Gasteiger partial charge on any atom is -0.497 e. The first kappa shape index (κ1) is 27.7. The number of carbonyl (C=O) groups is 1. The molecule has 0 fully saturated rings. The summed E-state index contributed by atoms with van der Waals surface area (Å²) in [6, 6.07) is 25.6. The van der Waals surface area contributed by atoms with E-state index in [-0.39, 0.29) is 5.91 Å². The highest BCUT2D eigenvalue weighted by atomic mass is 32.2. The topological polar surface area (TPSA) is 110 Å². The fraction of sp³-hybridized carbons (Fsp3) is 0.188. The molecule has 5 aromatic rings. The van der Waals surface area contributed by atoms with Crippen molar-refractivity contribution in [1.29, 1.82) is 5.26 Å². The Morgan fingerprint density at radius 1 is 1.02 bits per heavy atom. The number of ether oxygens (including phenoxy) is 2. The van der Waals surface area contributed by atoms with Crippen molar-refractivity contribution in [3.05, 3.63) is 84.1 Å². The first-order valence-electron chi connectivity index (χ1n) is 13.0. The van der Waals surface area contributed by atoms with Gasteiger partial charge in [0.15, 0.2) is 5.82 Å². The Hall–Kier alpha value is -4.81. The van der Waals surface area contributed by atoms with E-state index in [1.54, 1.807) is 33.3 Å². The first-order valence-corrected chi connectivity index (χ1v) is 13.9.